The number of nitrogens with zero attached hydrogens (tertiary/aromatic N) is 2. The molecule has 0 amide bonds. The summed E-state index contributed by atoms with van der Waals surface area (Å²) >= 11 is 0. The van der Waals surface area contributed by atoms with Crippen molar-refractivity contribution in [1.29, 1.82) is 0 Å². The first-order valence-corrected chi connectivity index (χ1v) is 5.55. The lowest BCUT2D eigenvalue weighted by Crippen LogP contribution is -2.49. The maximum Gasteiger partial charge on any atom is 0.208 e. The number of aliphatic imine (C=N–C) groups is 1. The lowest BCUT2D eigenvalue weighted by molar-refractivity contribution is 0.0991. The third kappa shape index (κ3) is 3.33. The highest BCUT2D eigenvalue weighted by atomic mass is 16.5. The number of likely N-dealkylation sites (N-methyl/N-ethyl adjacent to an activating group) is 1. The van der Waals surface area contributed by atoms with Crippen molar-refractivity contribution in [2.75, 3.05) is 33.9 Å². The van der Waals surface area contributed by atoms with Crippen LogP contribution in [0.4, 0.5) is 0 Å². The fraction of sp³-hybridized carbons (Fsp3) is 0.900. The van der Waals surface area contributed by atoms with E-state index in [4.69, 9.17) is 15.3 Å². The van der Waals surface area contributed by atoms with E-state index in [1.165, 1.54) is 0 Å². The third-order valence-electron chi connectivity index (χ3n) is 2.85. The van der Waals surface area contributed by atoms with Gasteiger partial charge in [0.25, 0.3) is 0 Å². The molecule has 0 aromatic heterocycles. The van der Waals surface area contributed by atoms with Gasteiger partial charge < -0.3 is 14.4 Å². The number of nitrogens with one attached hydrogen (secondary N) is 1. The summed E-state index contributed by atoms with van der Waals surface area (Å²) in [5, 5.41) is 0. The predicted octanol–water partition coefficient (Wildman–Crippen LogP) is -0.439. The zero-order chi connectivity index (χ0) is 12.0. The maximum absolute atomic E-state index is 5.52. The first-order chi connectivity index (χ1) is 7.70. The van der Waals surface area contributed by atoms with Crippen LogP contribution in [0.2, 0.25) is 0 Å². The Morgan fingerprint density at radius 2 is 2.44 bits per heavy atom. The van der Waals surface area contributed by atoms with Gasteiger partial charge in [-0.25, -0.2) is 10.8 Å². The minimum Gasteiger partial charge on any atom is -0.383 e. The van der Waals surface area contributed by atoms with Gasteiger partial charge in [0.15, 0.2) is 0 Å². The Kier molecular flexibility index (Phi) is 5.51. The normalized spacial score (nSPS) is 25.9. The molecule has 6 heteroatoms. The number of ether oxygens (including phenoxy) is 2. The number of hydrogen-bond acceptors (Lipinski definition) is 4. The van der Waals surface area contributed by atoms with Gasteiger partial charge in [0.2, 0.25) is 5.96 Å². The summed E-state index contributed by atoms with van der Waals surface area (Å²) in [7, 11) is 3.63. The van der Waals surface area contributed by atoms with Crippen LogP contribution < -0.4 is 11.3 Å². The molecule has 0 aromatic carbocycles. The molecule has 0 radical (unpaired) electrons. The Morgan fingerprint density at radius 3 is 2.94 bits per heavy atom. The second-order valence-corrected chi connectivity index (χ2v) is 3.89. The van der Waals surface area contributed by atoms with Gasteiger partial charge in [-0.05, 0) is 13.3 Å². The molecule has 0 aliphatic carbocycles. The molecule has 94 valence electrons. The SMILES string of the molecule is COCCN=C(NN)N(C)C1CCOC1C. The largest absolute Gasteiger partial charge is 0.383 e. The fourth-order valence-electron chi connectivity index (χ4n) is 1.89. The van der Waals surface area contributed by atoms with Crippen LogP contribution in [0.1, 0.15) is 13.3 Å². The topological polar surface area (TPSA) is 72.1 Å². The number of rotatable bonds is 4. The Hall–Kier alpha value is -0.850. The molecule has 3 N–H and O–H groups in total. The van der Waals surface area contributed by atoms with Crippen molar-refractivity contribution in [2.45, 2.75) is 25.5 Å². The van der Waals surface area contributed by atoms with E-state index in [0.717, 1.165) is 13.0 Å². The molecule has 0 aromatic rings. The average Bonchev–Trinajstić information content (AvgIpc) is 2.70. The second kappa shape index (κ2) is 6.67. The first kappa shape index (κ1) is 13.2. The summed E-state index contributed by atoms with van der Waals surface area (Å²) in [5.74, 6) is 6.14. The van der Waals surface area contributed by atoms with Crippen LogP contribution in [-0.2, 0) is 9.47 Å². The highest BCUT2D eigenvalue weighted by Crippen LogP contribution is 2.17. The molecule has 16 heavy (non-hydrogen) atoms. The molecule has 1 fully saturated rings. The van der Waals surface area contributed by atoms with Crippen molar-refractivity contribution in [3.8, 4) is 0 Å². The zero-order valence-corrected chi connectivity index (χ0v) is 10.3. The van der Waals surface area contributed by atoms with E-state index in [-0.39, 0.29) is 6.10 Å². The lowest BCUT2D eigenvalue weighted by Gasteiger charge is -2.29. The molecular formula is C10H22N4O2. The number of methoxy groups -OCH3 is 1. The van der Waals surface area contributed by atoms with Crippen molar-refractivity contribution < 1.29 is 9.47 Å². The average molecular weight is 230 g/mol. The van der Waals surface area contributed by atoms with E-state index >= 15 is 0 Å². The Labute approximate surface area is 96.8 Å². The molecular weight excluding hydrogens is 208 g/mol. The Balaban J connectivity index is 2.54. The number of hydrogen-bond donors (Lipinski definition) is 2. The second-order valence-electron chi connectivity index (χ2n) is 3.89. The number of guanidine groups is 1. The van der Waals surface area contributed by atoms with Gasteiger partial charge >= 0.3 is 0 Å². The molecule has 1 aliphatic heterocycles. The van der Waals surface area contributed by atoms with Gasteiger partial charge in [-0.15, -0.1) is 0 Å². The van der Waals surface area contributed by atoms with Crippen LogP contribution >= 0.6 is 0 Å². The van der Waals surface area contributed by atoms with Crippen LogP contribution in [-0.4, -0.2) is 56.9 Å². The van der Waals surface area contributed by atoms with E-state index in [1.54, 1.807) is 7.11 Å². The summed E-state index contributed by atoms with van der Waals surface area (Å²) in [6, 6.07) is 0.331. The van der Waals surface area contributed by atoms with Crippen molar-refractivity contribution in [2.24, 2.45) is 10.8 Å². The van der Waals surface area contributed by atoms with E-state index < -0.39 is 0 Å². The molecule has 0 bridgehead atoms. The minimum absolute atomic E-state index is 0.214. The molecule has 2 unspecified atom stereocenters. The highest BCUT2D eigenvalue weighted by molar-refractivity contribution is 5.79. The van der Waals surface area contributed by atoms with Crippen molar-refractivity contribution in [3.05, 3.63) is 0 Å². The third-order valence-corrected chi connectivity index (χ3v) is 2.85. The fourth-order valence-corrected chi connectivity index (χ4v) is 1.89. The number of hydrazine groups is 1. The van der Waals surface area contributed by atoms with Gasteiger partial charge in [0.1, 0.15) is 0 Å². The molecule has 1 rings (SSSR count). The van der Waals surface area contributed by atoms with Crippen LogP contribution in [0.3, 0.4) is 0 Å². The smallest absolute Gasteiger partial charge is 0.208 e. The Morgan fingerprint density at radius 1 is 1.69 bits per heavy atom. The van der Waals surface area contributed by atoms with Crippen LogP contribution in [0.5, 0.6) is 0 Å². The molecule has 1 saturated heterocycles. The zero-order valence-electron chi connectivity index (χ0n) is 10.3. The highest BCUT2D eigenvalue weighted by Gasteiger charge is 2.29. The van der Waals surface area contributed by atoms with Crippen molar-refractivity contribution >= 4 is 5.96 Å². The lowest BCUT2D eigenvalue weighted by atomic mass is 10.1. The summed E-state index contributed by atoms with van der Waals surface area (Å²) in [6.07, 6.45) is 1.22. The quantitative estimate of drug-likeness (QED) is 0.225. The van der Waals surface area contributed by atoms with Gasteiger partial charge in [-0.3, -0.25) is 5.43 Å². The van der Waals surface area contributed by atoms with Crippen LogP contribution in [0.15, 0.2) is 4.99 Å². The van der Waals surface area contributed by atoms with E-state index in [2.05, 4.69) is 17.3 Å². The van der Waals surface area contributed by atoms with Crippen LogP contribution in [0.25, 0.3) is 0 Å². The summed E-state index contributed by atoms with van der Waals surface area (Å²) in [6.45, 7) is 4.06. The standard InChI is InChI=1S/C10H22N4O2/c1-8-9(4-6-16-8)14(2)10(13-11)12-5-7-15-3/h8-9H,4-7,11H2,1-3H3,(H,12,13). The van der Waals surface area contributed by atoms with Gasteiger partial charge in [0.05, 0.1) is 25.3 Å². The van der Waals surface area contributed by atoms with Crippen molar-refractivity contribution in [1.82, 2.24) is 10.3 Å². The monoisotopic (exact) mass is 230 g/mol. The molecule has 1 heterocycles. The molecule has 6 nitrogen and oxygen atoms in total. The summed E-state index contributed by atoms with van der Waals surface area (Å²) in [5.41, 5.74) is 2.62. The van der Waals surface area contributed by atoms with Gasteiger partial charge in [-0.1, -0.05) is 0 Å². The van der Waals surface area contributed by atoms with Crippen LogP contribution in [0, 0.1) is 0 Å². The van der Waals surface area contributed by atoms with E-state index in [1.807, 2.05) is 11.9 Å². The van der Waals surface area contributed by atoms with E-state index in [9.17, 15) is 0 Å². The molecule has 0 spiro atoms. The summed E-state index contributed by atoms with van der Waals surface area (Å²) in [4.78, 5) is 6.37. The molecule has 2 atom stereocenters. The first-order valence-electron chi connectivity index (χ1n) is 5.55. The molecule has 1 aliphatic rings. The number of nitrogens with two attached hydrogens (primary N) is 1. The van der Waals surface area contributed by atoms with Gasteiger partial charge in [0, 0.05) is 20.8 Å². The molecule has 0 saturated carbocycles. The summed E-state index contributed by atoms with van der Waals surface area (Å²) < 4.78 is 10.5. The van der Waals surface area contributed by atoms with Gasteiger partial charge in [-0.2, -0.15) is 0 Å². The van der Waals surface area contributed by atoms with E-state index in [0.29, 0.717) is 25.2 Å². The maximum atomic E-state index is 5.52. The minimum atomic E-state index is 0.214. The predicted molar refractivity (Wildman–Crippen MR) is 63.1 cm³/mol. The Bertz CT molecular complexity index is 235. The van der Waals surface area contributed by atoms with Crippen molar-refractivity contribution in [3.63, 3.8) is 0 Å².